The lowest BCUT2D eigenvalue weighted by atomic mass is 9.97. The highest BCUT2D eigenvalue weighted by molar-refractivity contribution is 7.13. The Labute approximate surface area is 164 Å². The molecule has 4 aromatic rings. The quantitative estimate of drug-likeness (QED) is 0.516. The lowest BCUT2D eigenvalue weighted by molar-refractivity contribution is 0.0971. The number of aromatic nitrogens is 1. The molecule has 0 aliphatic carbocycles. The highest BCUT2D eigenvalue weighted by Crippen LogP contribution is 2.41. The number of anilines is 1. The Kier molecular flexibility index (Phi) is 3.87. The van der Waals surface area contributed by atoms with Crippen molar-refractivity contribution in [3.63, 3.8) is 0 Å². The molecular weight excluding hydrogens is 372 g/mol. The summed E-state index contributed by atoms with van der Waals surface area (Å²) in [6.07, 6.45) is 2.57. The summed E-state index contributed by atoms with van der Waals surface area (Å²) in [6, 6.07) is 14.5. The first-order valence-corrected chi connectivity index (χ1v) is 9.94. The molecule has 0 radical (unpaired) electrons. The van der Waals surface area contributed by atoms with E-state index in [2.05, 4.69) is 11.9 Å². The van der Waals surface area contributed by atoms with Crippen LogP contribution >= 0.6 is 11.3 Å². The Balaban J connectivity index is 1.80. The van der Waals surface area contributed by atoms with Crippen LogP contribution in [0.25, 0.3) is 11.0 Å². The molecule has 0 saturated heterocycles. The van der Waals surface area contributed by atoms with E-state index < -0.39 is 6.04 Å². The van der Waals surface area contributed by atoms with Crippen LogP contribution < -0.4 is 10.3 Å². The van der Waals surface area contributed by atoms with Gasteiger partial charge in [-0.1, -0.05) is 43.3 Å². The number of aryl methyl sites for hydroxylation is 1. The second kappa shape index (κ2) is 6.42. The summed E-state index contributed by atoms with van der Waals surface area (Å²) in [6.45, 7) is 2.09. The number of rotatable bonds is 3. The molecule has 1 amide bonds. The van der Waals surface area contributed by atoms with Crippen molar-refractivity contribution < 1.29 is 9.21 Å². The molecule has 2 aromatic carbocycles. The zero-order valence-electron chi connectivity index (χ0n) is 15.1. The molecule has 2 aromatic heterocycles. The number of carbonyl (C=O) groups is 1. The summed E-state index contributed by atoms with van der Waals surface area (Å²) >= 11 is 1.36. The number of hydrogen-bond donors (Lipinski definition) is 0. The lowest BCUT2D eigenvalue weighted by Crippen LogP contribution is -2.29. The van der Waals surface area contributed by atoms with E-state index in [4.69, 9.17) is 4.42 Å². The minimum absolute atomic E-state index is 0.100. The molecule has 1 aliphatic rings. The number of thiazole rings is 1. The maximum atomic E-state index is 13.3. The zero-order chi connectivity index (χ0) is 19.3. The summed E-state index contributed by atoms with van der Waals surface area (Å²) in [4.78, 5) is 32.5. The number of amides is 1. The van der Waals surface area contributed by atoms with Crippen molar-refractivity contribution >= 4 is 33.3 Å². The molecule has 1 aliphatic heterocycles. The molecule has 0 saturated carbocycles. The number of hydrogen-bond acceptors (Lipinski definition) is 5. The molecule has 28 heavy (non-hydrogen) atoms. The summed E-state index contributed by atoms with van der Waals surface area (Å²) in [5.41, 5.74) is 2.68. The van der Waals surface area contributed by atoms with Crippen molar-refractivity contribution in [1.29, 1.82) is 0 Å². The van der Waals surface area contributed by atoms with Gasteiger partial charge in [0, 0.05) is 11.6 Å². The Hall–Kier alpha value is -3.25. The van der Waals surface area contributed by atoms with E-state index in [1.807, 2.05) is 29.6 Å². The maximum absolute atomic E-state index is 13.3. The van der Waals surface area contributed by atoms with Gasteiger partial charge < -0.3 is 4.42 Å². The van der Waals surface area contributed by atoms with Gasteiger partial charge in [0.25, 0.3) is 5.91 Å². The highest BCUT2D eigenvalue weighted by Gasteiger charge is 2.44. The van der Waals surface area contributed by atoms with Gasteiger partial charge in [-0.15, -0.1) is 11.3 Å². The van der Waals surface area contributed by atoms with Gasteiger partial charge in [0.2, 0.25) is 5.76 Å². The average molecular weight is 388 g/mol. The van der Waals surface area contributed by atoms with Gasteiger partial charge in [-0.2, -0.15) is 0 Å². The van der Waals surface area contributed by atoms with Crippen molar-refractivity contribution in [2.75, 3.05) is 4.90 Å². The van der Waals surface area contributed by atoms with Crippen LogP contribution in [0.4, 0.5) is 5.13 Å². The van der Waals surface area contributed by atoms with Crippen LogP contribution in [0.5, 0.6) is 0 Å². The third kappa shape index (κ3) is 2.42. The molecule has 1 atom stereocenters. The van der Waals surface area contributed by atoms with Crippen molar-refractivity contribution in [2.24, 2.45) is 0 Å². The first-order valence-electron chi connectivity index (χ1n) is 9.06. The first-order chi connectivity index (χ1) is 13.7. The van der Waals surface area contributed by atoms with Crippen molar-refractivity contribution in [2.45, 2.75) is 19.4 Å². The summed E-state index contributed by atoms with van der Waals surface area (Å²) < 4.78 is 5.91. The number of fused-ring (bicyclic) bond motifs is 2. The van der Waals surface area contributed by atoms with Crippen molar-refractivity contribution in [1.82, 2.24) is 4.98 Å². The Bertz CT molecular complexity index is 1240. The van der Waals surface area contributed by atoms with E-state index in [-0.39, 0.29) is 17.1 Å². The molecular formula is C22H16N2O3S. The van der Waals surface area contributed by atoms with Crippen molar-refractivity contribution in [3.05, 3.63) is 92.8 Å². The average Bonchev–Trinajstić information content (AvgIpc) is 3.35. The van der Waals surface area contributed by atoms with Gasteiger partial charge in [-0.05, 0) is 29.7 Å². The molecule has 5 nitrogen and oxygen atoms in total. The molecule has 3 heterocycles. The molecule has 6 heteroatoms. The van der Waals surface area contributed by atoms with Crippen LogP contribution in [0.15, 0.2) is 69.3 Å². The van der Waals surface area contributed by atoms with E-state index >= 15 is 0 Å². The van der Waals surface area contributed by atoms with E-state index in [0.29, 0.717) is 21.7 Å². The smallest absolute Gasteiger partial charge is 0.297 e. The fraction of sp³-hybridized carbons (Fsp3) is 0.136. The third-order valence-corrected chi connectivity index (χ3v) is 5.88. The predicted molar refractivity (Wildman–Crippen MR) is 109 cm³/mol. The number of carbonyl (C=O) groups excluding carboxylic acids is 1. The van der Waals surface area contributed by atoms with Gasteiger partial charge in [-0.3, -0.25) is 14.5 Å². The third-order valence-electron chi connectivity index (χ3n) is 5.11. The van der Waals surface area contributed by atoms with Gasteiger partial charge in [0.15, 0.2) is 10.6 Å². The zero-order valence-corrected chi connectivity index (χ0v) is 15.9. The highest BCUT2D eigenvalue weighted by atomic mass is 32.1. The Morgan fingerprint density at radius 2 is 1.89 bits per heavy atom. The van der Waals surface area contributed by atoms with E-state index in [0.717, 1.165) is 12.0 Å². The minimum Gasteiger partial charge on any atom is -0.450 e. The van der Waals surface area contributed by atoms with E-state index in [9.17, 15) is 9.59 Å². The standard InChI is InChI=1S/C22H16N2O3S/c1-2-13-7-9-14(10-8-13)18-17-19(25)15-5-3-4-6-16(15)27-20(17)21(26)24(18)22-23-11-12-28-22/h3-12,18H,2H2,1H3. The molecule has 138 valence electrons. The molecule has 0 spiro atoms. The van der Waals surface area contributed by atoms with Crippen LogP contribution in [-0.4, -0.2) is 10.9 Å². The second-order valence-corrected chi connectivity index (χ2v) is 7.53. The Morgan fingerprint density at radius 1 is 1.11 bits per heavy atom. The SMILES string of the molecule is CCc1ccc(C2c3c(oc4ccccc4c3=O)C(=O)N2c2nccs2)cc1. The fourth-order valence-corrected chi connectivity index (χ4v) is 4.37. The van der Waals surface area contributed by atoms with Crippen LogP contribution in [0, 0.1) is 0 Å². The fourth-order valence-electron chi connectivity index (χ4n) is 3.70. The van der Waals surface area contributed by atoms with E-state index in [1.165, 1.54) is 16.9 Å². The predicted octanol–water partition coefficient (Wildman–Crippen LogP) is 4.56. The normalized spacial score (nSPS) is 16.0. The number of benzene rings is 2. The van der Waals surface area contributed by atoms with Crippen LogP contribution in [0.2, 0.25) is 0 Å². The van der Waals surface area contributed by atoms with E-state index in [1.54, 1.807) is 35.4 Å². The van der Waals surface area contributed by atoms with Crippen molar-refractivity contribution in [3.8, 4) is 0 Å². The molecule has 1 unspecified atom stereocenters. The Morgan fingerprint density at radius 3 is 2.61 bits per heavy atom. The summed E-state index contributed by atoms with van der Waals surface area (Å²) in [7, 11) is 0. The van der Waals surface area contributed by atoms with Crippen LogP contribution in [0.1, 0.15) is 40.2 Å². The topological polar surface area (TPSA) is 63.4 Å². The van der Waals surface area contributed by atoms with Gasteiger partial charge in [0.05, 0.1) is 17.0 Å². The van der Waals surface area contributed by atoms with Gasteiger partial charge in [0.1, 0.15) is 5.58 Å². The molecule has 0 fully saturated rings. The number of para-hydroxylation sites is 1. The van der Waals surface area contributed by atoms with Crippen LogP contribution in [0.3, 0.4) is 0 Å². The van der Waals surface area contributed by atoms with Crippen LogP contribution in [-0.2, 0) is 6.42 Å². The van der Waals surface area contributed by atoms with Gasteiger partial charge in [-0.25, -0.2) is 4.98 Å². The summed E-state index contributed by atoms with van der Waals surface area (Å²) in [5, 5.41) is 2.84. The van der Waals surface area contributed by atoms with Gasteiger partial charge >= 0.3 is 0 Å². The maximum Gasteiger partial charge on any atom is 0.297 e. The number of nitrogens with zero attached hydrogens (tertiary/aromatic N) is 2. The monoisotopic (exact) mass is 388 g/mol. The first kappa shape index (κ1) is 16.9. The minimum atomic E-state index is -0.555. The summed E-state index contributed by atoms with van der Waals surface area (Å²) in [5.74, 6) is -0.235. The second-order valence-electron chi connectivity index (χ2n) is 6.66. The molecule has 0 bridgehead atoms. The lowest BCUT2D eigenvalue weighted by Gasteiger charge is -2.22. The largest absolute Gasteiger partial charge is 0.450 e. The molecule has 5 rings (SSSR count). The molecule has 0 N–H and O–H groups in total.